The zero-order chi connectivity index (χ0) is 9.64. The molecule has 0 saturated carbocycles. The second-order valence-corrected chi connectivity index (χ2v) is 5.05. The van der Waals surface area contributed by atoms with Gasteiger partial charge in [-0.1, -0.05) is 13.8 Å². The maximum absolute atomic E-state index is 10.6. The fourth-order valence-corrected chi connectivity index (χ4v) is 2.76. The zero-order valence-electron chi connectivity index (χ0n) is 8.59. The second kappa shape index (κ2) is 3.69. The third-order valence-corrected chi connectivity index (χ3v) is 3.59. The summed E-state index contributed by atoms with van der Waals surface area (Å²) >= 11 is 1.26. The van der Waals surface area contributed by atoms with Crippen LogP contribution in [0.2, 0.25) is 0 Å². The standard InChI is InChI=1S/C9H11NO2S.Li/c1-9(2)4-3-5-6(9)10-7(13-5)8(11)12;/h3-4H2,1-2H3,(H,11,12);/q;+1/p-1. The topological polar surface area (TPSA) is 53.0 Å². The first-order valence-electron chi connectivity index (χ1n) is 4.22. The molecule has 1 aromatic rings. The molecule has 0 unspecified atom stereocenters. The Hall–Kier alpha value is -0.303. The monoisotopic (exact) mass is 203 g/mol. The average Bonchev–Trinajstić information content (AvgIpc) is 2.53. The van der Waals surface area contributed by atoms with Gasteiger partial charge in [-0.05, 0) is 12.8 Å². The summed E-state index contributed by atoms with van der Waals surface area (Å²) in [4.78, 5) is 15.8. The maximum atomic E-state index is 10.6. The molecule has 0 aromatic carbocycles. The molecule has 0 N–H and O–H groups in total. The Balaban J connectivity index is 0.000000980. The van der Waals surface area contributed by atoms with E-state index < -0.39 is 5.97 Å². The van der Waals surface area contributed by atoms with Crippen LogP contribution in [0.15, 0.2) is 0 Å². The first-order chi connectivity index (χ1) is 6.00. The van der Waals surface area contributed by atoms with E-state index in [2.05, 4.69) is 18.8 Å². The van der Waals surface area contributed by atoms with Gasteiger partial charge in [-0.3, -0.25) is 0 Å². The maximum Gasteiger partial charge on any atom is 1.00 e. The second-order valence-electron chi connectivity index (χ2n) is 3.96. The first kappa shape index (κ1) is 11.8. The number of nitrogens with zero attached hydrogens (tertiary/aromatic N) is 1. The van der Waals surface area contributed by atoms with Gasteiger partial charge in [0, 0.05) is 10.3 Å². The number of aromatic nitrogens is 1. The number of hydrogen-bond acceptors (Lipinski definition) is 4. The third-order valence-electron chi connectivity index (χ3n) is 2.49. The van der Waals surface area contributed by atoms with Crippen molar-refractivity contribution in [3.05, 3.63) is 15.6 Å². The van der Waals surface area contributed by atoms with E-state index in [-0.39, 0.29) is 29.3 Å². The molecule has 5 heteroatoms. The average molecular weight is 203 g/mol. The molecule has 0 atom stereocenters. The van der Waals surface area contributed by atoms with E-state index in [9.17, 15) is 9.90 Å². The Kier molecular flexibility index (Phi) is 3.10. The van der Waals surface area contributed by atoms with Gasteiger partial charge in [0.15, 0.2) is 0 Å². The van der Waals surface area contributed by atoms with Crippen LogP contribution in [-0.4, -0.2) is 11.0 Å². The van der Waals surface area contributed by atoms with E-state index >= 15 is 0 Å². The Bertz CT molecular complexity index is 373. The molecule has 2 rings (SSSR count). The molecule has 70 valence electrons. The summed E-state index contributed by atoms with van der Waals surface area (Å²) in [6, 6.07) is 0. The molecule has 1 aromatic heterocycles. The summed E-state index contributed by atoms with van der Waals surface area (Å²) in [6.07, 6.45) is 2.02. The van der Waals surface area contributed by atoms with Crippen molar-refractivity contribution in [1.29, 1.82) is 0 Å². The van der Waals surface area contributed by atoms with Gasteiger partial charge >= 0.3 is 18.9 Å². The van der Waals surface area contributed by atoms with Crippen LogP contribution in [0.3, 0.4) is 0 Å². The fourth-order valence-electron chi connectivity index (χ4n) is 1.68. The van der Waals surface area contributed by atoms with Crippen molar-refractivity contribution in [3.8, 4) is 0 Å². The Labute approximate surface area is 98.7 Å². The summed E-state index contributed by atoms with van der Waals surface area (Å²) in [6.45, 7) is 4.19. The van der Waals surface area contributed by atoms with Gasteiger partial charge in [-0.15, -0.1) is 11.3 Å². The Morgan fingerprint density at radius 1 is 1.57 bits per heavy atom. The summed E-state index contributed by atoms with van der Waals surface area (Å²) in [5.41, 5.74) is 0.996. The van der Waals surface area contributed by atoms with Crippen molar-refractivity contribution in [3.63, 3.8) is 0 Å². The number of carbonyl (C=O) groups is 1. The number of aromatic carboxylic acids is 1. The zero-order valence-corrected chi connectivity index (χ0v) is 9.40. The van der Waals surface area contributed by atoms with Gasteiger partial charge in [-0.25, -0.2) is 4.98 Å². The van der Waals surface area contributed by atoms with Gasteiger partial charge in [0.2, 0.25) is 0 Å². The summed E-state index contributed by atoms with van der Waals surface area (Å²) in [5, 5.41) is 10.7. The van der Waals surface area contributed by atoms with E-state index in [1.807, 2.05) is 0 Å². The molecule has 3 nitrogen and oxygen atoms in total. The van der Waals surface area contributed by atoms with Crippen LogP contribution in [0, 0.1) is 0 Å². The number of thiazole rings is 1. The smallest absolute Gasteiger partial charge is 0.542 e. The molecule has 0 amide bonds. The van der Waals surface area contributed by atoms with Gasteiger partial charge < -0.3 is 9.90 Å². The molecule has 0 radical (unpaired) electrons. The number of rotatable bonds is 1. The van der Waals surface area contributed by atoms with Crippen molar-refractivity contribution in [1.82, 2.24) is 4.98 Å². The number of fused-ring (bicyclic) bond motifs is 1. The van der Waals surface area contributed by atoms with Crippen molar-refractivity contribution in [2.45, 2.75) is 32.1 Å². The van der Waals surface area contributed by atoms with E-state index in [0.717, 1.165) is 23.4 Å². The molecule has 0 bridgehead atoms. The third kappa shape index (κ3) is 1.74. The Morgan fingerprint density at radius 2 is 2.21 bits per heavy atom. The minimum Gasteiger partial charge on any atom is -0.542 e. The molecule has 0 spiro atoms. The largest absolute Gasteiger partial charge is 1.00 e. The summed E-state index contributed by atoms with van der Waals surface area (Å²) in [7, 11) is 0. The first-order valence-corrected chi connectivity index (χ1v) is 5.04. The van der Waals surface area contributed by atoms with E-state index in [1.54, 1.807) is 0 Å². The summed E-state index contributed by atoms with van der Waals surface area (Å²) in [5.74, 6) is -1.16. The van der Waals surface area contributed by atoms with Gasteiger partial charge in [0.25, 0.3) is 0 Å². The predicted octanol–water partition coefficient (Wildman–Crippen LogP) is -2.27. The Morgan fingerprint density at radius 3 is 2.71 bits per heavy atom. The van der Waals surface area contributed by atoms with Crippen molar-refractivity contribution < 1.29 is 28.8 Å². The molecular formula is C9H10LiNO2S. The normalized spacial score (nSPS) is 17.3. The summed E-state index contributed by atoms with van der Waals surface area (Å²) < 4.78 is 0. The molecule has 1 heterocycles. The number of aryl methyl sites for hydroxylation is 1. The molecular weight excluding hydrogens is 193 g/mol. The van der Waals surface area contributed by atoms with E-state index in [4.69, 9.17) is 0 Å². The fraction of sp³-hybridized carbons (Fsp3) is 0.556. The molecule has 0 saturated heterocycles. The number of carboxylic acids is 1. The number of carbonyl (C=O) groups excluding carboxylic acids is 1. The van der Waals surface area contributed by atoms with Gasteiger partial charge in [0.1, 0.15) is 11.0 Å². The van der Waals surface area contributed by atoms with Crippen LogP contribution in [-0.2, 0) is 11.8 Å². The van der Waals surface area contributed by atoms with E-state index in [0.29, 0.717) is 0 Å². The van der Waals surface area contributed by atoms with E-state index in [1.165, 1.54) is 11.3 Å². The van der Waals surface area contributed by atoms with Crippen LogP contribution >= 0.6 is 11.3 Å². The number of hydrogen-bond donors (Lipinski definition) is 0. The van der Waals surface area contributed by atoms with Crippen LogP contribution in [0.1, 0.15) is 40.6 Å². The van der Waals surface area contributed by atoms with Crippen LogP contribution in [0.25, 0.3) is 0 Å². The predicted molar refractivity (Wildman–Crippen MR) is 47.8 cm³/mol. The van der Waals surface area contributed by atoms with Crippen molar-refractivity contribution in [2.75, 3.05) is 0 Å². The molecule has 0 fully saturated rings. The van der Waals surface area contributed by atoms with Crippen LogP contribution in [0.4, 0.5) is 0 Å². The minimum absolute atomic E-state index is 0. The van der Waals surface area contributed by atoms with Gasteiger partial charge in [0.05, 0.1) is 5.69 Å². The van der Waals surface area contributed by atoms with Gasteiger partial charge in [-0.2, -0.15) is 0 Å². The van der Waals surface area contributed by atoms with Crippen LogP contribution < -0.4 is 24.0 Å². The molecule has 1 aliphatic carbocycles. The minimum atomic E-state index is -1.16. The van der Waals surface area contributed by atoms with Crippen molar-refractivity contribution >= 4 is 17.3 Å². The SMILES string of the molecule is CC1(C)CCc2sc(C(=O)[O-])nc21.[Li+]. The molecule has 14 heavy (non-hydrogen) atoms. The molecule has 1 aliphatic rings. The molecule has 0 aliphatic heterocycles. The number of carboxylic acid groups (broad SMARTS) is 1. The van der Waals surface area contributed by atoms with Crippen LogP contribution in [0.5, 0.6) is 0 Å². The quantitative estimate of drug-likeness (QED) is 0.484. The van der Waals surface area contributed by atoms with Crippen molar-refractivity contribution in [2.24, 2.45) is 0 Å².